The lowest BCUT2D eigenvalue weighted by Crippen LogP contribution is -2.47. The smallest absolute Gasteiger partial charge is 0.237 e. The fourth-order valence-corrected chi connectivity index (χ4v) is 2.09. The van der Waals surface area contributed by atoms with Gasteiger partial charge < -0.3 is 15.7 Å². The molecular weight excluding hydrogens is 192 g/mol. The van der Waals surface area contributed by atoms with Crippen LogP contribution in [0.25, 0.3) is 0 Å². The number of hydrogen-bond acceptors (Lipinski definition) is 3. The van der Waals surface area contributed by atoms with Crippen LogP contribution >= 0.6 is 0 Å². The topological polar surface area (TPSA) is 61.4 Å². The van der Waals surface area contributed by atoms with Crippen molar-refractivity contribution in [1.82, 2.24) is 10.6 Å². The van der Waals surface area contributed by atoms with E-state index in [0.29, 0.717) is 12.3 Å². The van der Waals surface area contributed by atoms with Gasteiger partial charge in [0.2, 0.25) is 5.91 Å². The maximum absolute atomic E-state index is 11.8. The van der Waals surface area contributed by atoms with E-state index >= 15 is 0 Å². The second-order valence-electron chi connectivity index (χ2n) is 4.69. The van der Waals surface area contributed by atoms with E-state index in [0.717, 1.165) is 13.0 Å². The normalized spacial score (nSPS) is 29.9. The summed E-state index contributed by atoms with van der Waals surface area (Å²) in [5, 5.41) is 15.3. The molecule has 15 heavy (non-hydrogen) atoms. The molecule has 0 aliphatic carbocycles. The highest BCUT2D eigenvalue weighted by molar-refractivity contribution is 5.82. The Balaban J connectivity index is 2.34. The van der Waals surface area contributed by atoms with Crippen LogP contribution in [0.5, 0.6) is 0 Å². The number of carbonyl (C=O) groups is 1. The second-order valence-corrected chi connectivity index (χ2v) is 4.69. The van der Waals surface area contributed by atoms with Crippen molar-refractivity contribution in [2.45, 2.75) is 51.8 Å². The molecule has 1 fully saturated rings. The first-order chi connectivity index (χ1) is 7.00. The predicted octanol–water partition coefficient (Wildman–Crippen LogP) is 0.260. The summed E-state index contributed by atoms with van der Waals surface area (Å²) in [6, 6.07) is -0.0199. The van der Waals surface area contributed by atoms with Gasteiger partial charge in [0.15, 0.2) is 0 Å². The highest BCUT2D eigenvalue weighted by Crippen LogP contribution is 2.14. The second kappa shape index (κ2) is 5.47. The van der Waals surface area contributed by atoms with Gasteiger partial charge in [-0.1, -0.05) is 6.92 Å². The van der Waals surface area contributed by atoms with E-state index in [1.54, 1.807) is 6.92 Å². The Morgan fingerprint density at radius 2 is 2.27 bits per heavy atom. The standard InChI is InChI=1S/C11H22N2O2/c1-7-4-5-12-10(7)11(15)13-8(2)6-9(3)14/h7-10,12,14H,4-6H2,1-3H3,(H,13,15). The first kappa shape index (κ1) is 12.5. The van der Waals surface area contributed by atoms with Crippen molar-refractivity contribution in [2.24, 2.45) is 5.92 Å². The van der Waals surface area contributed by atoms with Crippen LogP contribution in [0.15, 0.2) is 0 Å². The number of amides is 1. The van der Waals surface area contributed by atoms with Gasteiger partial charge in [-0.3, -0.25) is 4.79 Å². The van der Waals surface area contributed by atoms with E-state index in [9.17, 15) is 9.90 Å². The summed E-state index contributed by atoms with van der Waals surface area (Å²) in [5.41, 5.74) is 0. The lowest BCUT2D eigenvalue weighted by Gasteiger charge is -2.20. The van der Waals surface area contributed by atoms with Crippen LogP contribution in [-0.2, 0) is 4.79 Å². The zero-order valence-electron chi connectivity index (χ0n) is 9.79. The maximum atomic E-state index is 11.8. The third-order valence-electron chi connectivity index (χ3n) is 2.90. The van der Waals surface area contributed by atoms with E-state index in [4.69, 9.17) is 0 Å². The molecule has 1 aliphatic heterocycles. The molecule has 4 atom stereocenters. The largest absolute Gasteiger partial charge is 0.393 e. The number of carbonyl (C=O) groups excluding carboxylic acids is 1. The van der Waals surface area contributed by atoms with E-state index in [1.807, 2.05) is 6.92 Å². The molecule has 4 heteroatoms. The van der Waals surface area contributed by atoms with Crippen LogP contribution in [-0.4, -0.2) is 35.7 Å². The van der Waals surface area contributed by atoms with Crippen molar-refractivity contribution in [3.63, 3.8) is 0 Å². The summed E-state index contributed by atoms with van der Waals surface area (Å²) in [6.45, 7) is 6.66. The van der Waals surface area contributed by atoms with Gasteiger partial charge in [0.05, 0.1) is 12.1 Å². The fourth-order valence-electron chi connectivity index (χ4n) is 2.09. The SMILES string of the molecule is CC(O)CC(C)NC(=O)C1NCCC1C. The summed E-state index contributed by atoms with van der Waals surface area (Å²) in [4.78, 5) is 11.8. The third kappa shape index (κ3) is 3.80. The van der Waals surface area contributed by atoms with Crippen molar-refractivity contribution in [3.05, 3.63) is 0 Å². The van der Waals surface area contributed by atoms with Gasteiger partial charge in [-0.15, -0.1) is 0 Å². The molecule has 1 aliphatic rings. The Hall–Kier alpha value is -0.610. The summed E-state index contributed by atoms with van der Waals surface area (Å²) in [7, 11) is 0. The van der Waals surface area contributed by atoms with Crippen molar-refractivity contribution >= 4 is 5.91 Å². The molecule has 0 aromatic heterocycles. The number of nitrogens with one attached hydrogen (secondary N) is 2. The minimum absolute atomic E-state index is 0.0344. The van der Waals surface area contributed by atoms with Crippen molar-refractivity contribution in [1.29, 1.82) is 0 Å². The molecule has 1 saturated heterocycles. The number of aliphatic hydroxyl groups is 1. The summed E-state index contributed by atoms with van der Waals surface area (Å²) in [6.07, 6.45) is 1.30. The Labute approximate surface area is 91.4 Å². The van der Waals surface area contributed by atoms with Crippen molar-refractivity contribution in [2.75, 3.05) is 6.54 Å². The van der Waals surface area contributed by atoms with Gasteiger partial charge in [-0.2, -0.15) is 0 Å². The predicted molar refractivity (Wildman–Crippen MR) is 59.5 cm³/mol. The van der Waals surface area contributed by atoms with Gasteiger partial charge in [0.25, 0.3) is 0 Å². The van der Waals surface area contributed by atoms with Crippen LogP contribution < -0.4 is 10.6 Å². The molecule has 1 amide bonds. The van der Waals surface area contributed by atoms with E-state index in [2.05, 4.69) is 17.6 Å². The lowest BCUT2D eigenvalue weighted by molar-refractivity contribution is -0.124. The first-order valence-corrected chi connectivity index (χ1v) is 5.72. The molecule has 88 valence electrons. The zero-order chi connectivity index (χ0) is 11.4. The number of hydrogen-bond donors (Lipinski definition) is 3. The Morgan fingerprint density at radius 1 is 1.60 bits per heavy atom. The van der Waals surface area contributed by atoms with Gasteiger partial charge in [0.1, 0.15) is 0 Å². The maximum Gasteiger partial charge on any atom is 0.237 e. The molecule has 4 unspecified atom stereocenters. The van der Waals surface area contributed by atoms with Gasteiger partial charge >= 0.3 is 0 Å². The van der Waals surface area contributed by atoms with Crippen LogP contribution in [0.4, 0.5) is 0 Å². The number of rotatable bonds is 4. The monoisotopic (exact) mass is 214 g/mol. The number of aliphatic hydroxyl groups excluding tert-OH is 1. The molecule has 0 radical (unpaired) electrons. The molecule has 0 aromatic carbocycles. The van der Waals surface area contributed by atoms with Crippen LogP contribution in [0, 0.1) is 5.92 Å². The Kier molecular flexibility index (Phi) is 4.54. The van der Waals surface area contributed by atoms with E-state index in [1.165, 1.54) is 0 Å². The highest BCUT2D eigenvalue weighted by atomic mass is 16.3. The van der Waals surface area contributed by atoms with Crippen LogP contribution in [0.3, 0.4) is 0 Å². The zero-order valence-corrected chi connectivity index (χ0v) is 9.79. The van der Waals surface area contributed by atoms with Crippen molar-refractivity contribution < 1.29 is 9.90 Å². The van der Waals surface area contributed by atoms with Crippen molar-refractivity contribution in [3.8, 4) is 0 Å². The summed E-state index contributed by atoms with van der Waals surface area (Å²) >= 11 is 0. The molecule has 4 nitrogen and oxygen atoms in total. The molecule has 3 N–H and O–H groups in total. The van der Waals surface area contributed by atoms with Gasteiger partial charge in [0, 0.05) is 6.04 Å². The molecule has 0 spiro atoms. The Morgan fingerprint density at radius 3 is 2.73 bits per heavy atom. The summed E-state index contributed by atoms with van der Waals surface area (Å²) in [5.74, 6) is 0.469. The van der Waals surface area contributed by atoms with Gasteiger partial charge in [-0.25, -0.2) is 0 Å². The average molecular weight is 214 g/mol. The van der Waals surface area contributed by atoms with Crippen LogP contribution in [0.2, 0.25) is 0 Å². The Bertz CT molecular complexity index is 219. The minimum Gasteiger partial charge on any atom is -0.393 e. The molecular formula is C11H22N2O2. The molecule has 1 rings (SSSR count). The highest BCUT2D eigenvalue weighted by Gasteiger charge is 2.29. The van der Waals surface area contributed by atoms with Gasteiger partial charge in [-0.05, 0) is 39.2 Å². The fraction of sp³-hybridized carbons (Fsp3) is 0.909. The van der Waals surface area contributed by atoms with Crippen LogP contribution in [0.1, 0.15) is 33.6 Å². The minimum atomic E-state index is -0.366. The average Bonchev–Trinajstić information content (AvgIpc) is 2.49. The summed E-state index contributed by atoms with van der Waals surface area (Å²) < 4.78 is 0. The molecule has 1 heterocycles. The lowest BCUT2D eigenvalue weighted by atomic mass is 10.0. The third-order valence-corrected chi connectivity index (χ3v) is 2.90. The quantitative estimate of drug-likeness (QED) is 0.629. The first-order valence-electron chi connectivity index (χ1n) is 5.72. The van der Waals surface area contributed by atoms with E-state index in [-0.39, 0.29) is 24.1 Å². The molecule has 0 saturated carbocycles. The molecule has 0 aromatic rings. The van der Waals surface area contributed by atoms with E-state index < -0.39 is 0 Å². The molecule has 0 bridgehead atoms.